The molecule has 1 heterocycles. The molecule has 0 radical (unpaired) electrons. The first-order valence-corrected chi connectivity index (χ1v) is 10.5. The Kier molecular flexibility index (Phi) is 7.51. The van der Waals surface area contributed by atoms with Gasteiger partial charge in [-0.3, -0.25) is 0 Å². The summed E-state index contributed by atoms with van der Waals surface area (Å²) < 4.78 is 2.22. The molecule has 0 aliphatic heterocycles. The zero-order chi connectivity index (χ0) is 20.5. The van der Waals surface area contributed by atoms with Gasteiger partial charge in [-0.25, -0.2) is 4.79 Å². The van der Waals surface area contributed by atoms with Crippen LogP contribution in [0.1, 0.15) is 43.0 Å². The van der Waals surface area contributed by atoms with Crippen LogP contribution in [-0.4, -0.2) is 22.0 Å². The van der Waals surface area contributed by atoms with Crippen LogP contribution in [0.4, 0.5) is 10.5 Å². The minimum atomic E-state index is -0.0441. The van der Waals surface area contributed by atoms with E-state index in [2.05, 4.69) is 59.4 Å². The van der Waals surface area contributed by atoms with E-state index in [0.29, 0.717) is 6.54 Å². The fourth-order valence-corrected chi connectivity index (χ4v) is 3.37. The molecule has 3 aromatic rings. The number of amides is 2. The Morgan fingerprint density at radius 3 is 2.45 bits per heavy atom. The molecule has 0 bridgehead atoms. The van der Waals surface area contributed by atoms with Crippen LogP contribution in [0.3, 0.4) is 0 Å². The number of unbranched alkanes of at least 4 members (excludes halogenated alkanes) is 2. The van der Waals surface area contributed by atoms with E-state index in [1.165, 1.54) is 11.1 Å². The van der Waals surface area contributed by atoms with E-state index in [1.54, 1.807) is 0 Å². The number of nitrogens with zero attached hydrogens (tertiary/aromatic N) is 2. The maximum absolute atomic E-state index is 13.0. The lowest BCUT2D eigenvalue weighted by atomic mass is 10.2. The minimum absolute atomic E-state index is 0.0441. The molecular weight excluding hydrogens is 358 g/mol. The number of hydrogen-bond donors (Lipinski definition) is 1. The monoisotopic (exact) mass is 389 g/mol. The van der Waals surface area contributed by atoms with Crippen LogP contribution in [0.2, 0.25) is 0 Å². The minimum Gasteiger partial charge on any atom is -0.345 e. The van der Waals surface area contributed by atoms with Gasteiger partial charge in [0.15, 0.2) is 0 Å². The number of hydrogen-bond acceptors (Lipinski definition) is 1. The maximum atomic E-state index is 13.0. The number of aryl methyl sites for hydroxylation is 1. The lowest BCUT2D eigenvalue weighted by molar-refractivity contribution is 0.206. The quantitative estimate of drug-likeness (QED) is 0.443. The molecule has 1 N–H and O–H groups in total. The fraction of sp³-hybridized carbons (Fsp3) is 0.320. The molecule has 0 atom stereocenters. The summed E-state index contributed by atoms with van der Waals surface area (Å²) >= 11 is 0. The Bertz CT molecular complexity index is 884. The summed E-state index contributed by atoms with van der Waals surface area (Å²) in [5, 5.41) is 3.06. The van der Waals surface area contributed by atoms with Gasteiger partial charge in [0.1, 0.15) is 0 Å². The molecule has 29 heavy (non-hydrogen) atoms. The van der Waals surface area contributed by atoms with Crippen molar-refractivity contribution < 1.29 is 4.79 Å². The third-order valence-corrected chi connectivity index (χ3v) is 5.09. The fourth-order valence-electron chi connectivity index (χ4n) is 3.37. The summed E-state index contributed by atoms with van der Waals surface area (Å²) in [7, 11) is 0. The smallest absolute Gasteiger partial charge is 0.322 e. The third-order valence-electron chi connectivity index (χ3n) is 5.09. The van der Waals surface area contributed by atoms with Gasteiger partial charge in [0.05, 0.1) is 6.54 Å². The summed E-state index contributed by atoms with van der Waals surface area (Å²) in [5.41, 5.74) is 4.42. The molecule has 0 unspecified atom stereocenters. The van der Waals surface area contributed by atoms with Crippen LogP contribution in [0.25, 0.3) is 0 Å². The van der Waals surface area contributed by atoms with Gasteiger partial charge in [-0.05, 0) is 43.2 Å². The molecule has 0 saturated heterocycles. The summed E-state index contributed by atoms with van der Waals surface area (Å²) in [4.78, 5) is 14.9. The Labute approximate surface area is 174 Å². The molecule has 2 amide bonds. The average molecular weight is 390 g/mol. The predicted octanol–water partition coefficient (Wildman–Crippen LogP) is 6.07. The first kappa shape index (κ1) is 20.7. The topological polar surface area (TPSA) is 37.3 Å². The average Bonchev–Trinajstić information content (AvgIpc) is 3.16. The number of aromatic nitrogens is 1. The summed E-state index contributed by atoms with van der Waals surface area (Å²) in [6.45, 7) is 6.39. The molecule has 0 aliphatic rings. The second kappa shape index (κ2) is 10.5. The highest BCUT2D eigenvalue weighted by atomic mass is 16.2. The highest BCUT2D eigenvalue weighted by Crippen LogP contribution is 2.14. The number of carbonyl (C=O) groups excluding carboxylic acids is 1. The molecule has 3 rings (SSSR count). The number of nitrogens with one attached hydrogen (secondary N) is 1. The van der Waals surface area contributed by atoms with Crippen molar-refractivity contribution >= 4 is 11.7 Å². The molecule has 0 spiro atoms. The number of carbonyl (C=O) groups is 1. The van der Waals surface area contributed by atoms with Gasteiger partial charge in [0.2, 0.25) is 0 Å². The van der Waals surface area contributed by atoms with Crippen molar-refractivity contribution in [2.24, 2.45) is 0 Å². The van der Waals surface area contributed by atoms with Gasteiger partial charge >= 0.3 is 6.03 Å². The number of urea groups is 1. The number of benzene rings is 2. The first-order chi connectivity index (χ1) is 14.2. The molecular formula is C25H31N3O. The van der Waals surface area contributed by atoms with Crippen LogP contribution < -0.4 is 5.32 Å². The Hall–Kier alpha value is -3.01. The number of rotatable bonds is 9. The zero-order valence-electron chi connectivity index (χ0n) is 17.5. The van der Waals surface area contributed by atoms with Gasteiger partial charge < -0.3 is 14.8 Å². The molecule has 0 saturated carbocycles. The van der Waals surface area contributed by atoms with Crippen LogP contribution in [0.5, 0.6) is 0 Å². The van der Waals surface area contributed by atoms with E-state index in [4.69, 9.17) is 0 Å². The van der Waals surface area contributed by atoms with Gasteiger partial charge in [-0.1, -0.05) is 67.8 Å². The second-order valence-electron chi connectivity index (χ2n) is 7.54. The van der Waals surface area contributed by atoms with Crippen molar-refractivity contribution in [2.75, 3.05) is 11.9 Å². The van der Waals surface area contributed by atoms with E-state index < -0.39 is 0 Å². The van der Waals surface area contributed by atoms with Crippen LogP contribution in [-0.2, 0) is 13.1 Å². The molecule has 152 valence electrons. The Morgan fingerprint density at radius 1 is 0.966 bits per heavy atom. The van der Waals surface area contributed by atoms with Crippen molar-refractivity contribution in [3.8, 4) is 0 Å². The molecule has 4 heteroatoms. The van der Waals surface area contributed by atoms with Crippen molar-refractivity contribution in [2.45, 2.75) is 46.2 Å². The second-order valence-corrected chi connectivity index (χ2v) is 7.54. The SMILES string of the molecule is CCCCCN(Cc1cccn1Cc1ccccc1)C(=O)Nc1ccc(C)cc1. The van der Waals surface area contributed by atoms with E-state index in [-0.39, 0.29) is 6.03 Å². The zero-order valence-corrected chi connectivity index (χ0v) is 17.5. The molecule has 2 aromatic carbocycles. The first-order valence-electron chi connectivity index (χ1n) is 10.5. The van der Waals surface area contributed by atoms with Crippen LogP contribution >= 0.6 is 0 Å². The van der Waals surface area contributed by atoms with E-state index in [1.807, 2.05) is 42.2 Å². The molecule has 1 aromatic heterocycles. The highest BCUT2D eigenvalue weighted by Gasteiger charge is 2.16. The summed E-state index contributed by atoms with van der Waals surface area (Å²) in [5.74, 6) is 0. The predicted molar refractivity (Wildman–Crippen MR) is 120 cm³/mol. The van der Waals surface area contributed by atoms with Gasteiger partial charge in [0.25, 0.3) is 0 Å². The lowest BCUT2D eigenvalue weighted by Gasteiger charge is -2.24. The lowest BCUT2D eigenvalue weighted by Crippen LogP contribution is -2.36. The summed E-state index contributed by atoms with van der Waals surface area (Å²) in [6, 6.07) is 22.5. The normalized spacial score (nSPS) is 10.7. The summed E-state index contributed by atoms with van der Waals surface area (Å²) in [6.07, 6.45) is 5.36. The Morgan fingerprint density at radius 2 is 1.72 bits per heavy atom. The highest BCUT2D eigenvalue weighted by molar-refractivity contribution is 5.89. The van der Waals surface area contributed by atoms with Crippen molar-refractivity contribution in [3.05, 3.63) is 89.7 Å². The molecule has 0 aliphatic carbocycles. The van der Waals surface area contributed by atoms with E-state index >= 15 is 0 Å². The molecule has 4 nitrogen and oxygen atoms in total. The van der Waals surface area contributed by atoms with E-state index in [9.17, 15) is 4.79 Å². The van der Waals surface area contributed by atoms with Crippen LogP contribution in [0.15, 0.2) is 72.9 Å². The Balaban J connectivity index is 1.71. The van der Waals surface area contributed by atoms with Gasteiger partial charge in [-0.2, -0.15) is 0 Å². The van der Waals surface area contributed by atoms with Crippen molar-refractivity contribution in [3.63, 3.8) is 0 Å². The largest absolute Gasteiger partial charge is 0.345 e. The van der Waals surface area contributed by atoms with Crippen LogP contribution in [0, 0.1) is 6.92 Å². The van der Waals surface area contributed by atoms with Gasteiger partial charge in [0, 0.05) is 30.7 Å². The molecule has 0 fully saturated rings. The standard InChI is InChI=1S/C25H31N3O/c1-3-4-8-17-28(25(29)26-23-15-13-21(2)14-16-23)20-24-12-9-18-27(24)19-22-10-6-5-7-11-22/h5-7,9-16,18H,3-4,8,17,19-20H2,1-2H3,(H,26,29). The number of anilines is 1. The maximum Gasteiger partial charge on any atom is 0.322 e. The van der Waals surface area contributed by atoms with Crippen molar-refractivity contribution in [1.29, 1.82) is 0 Å². The van der Waals surface area contributed by atoms with E-state index in [0.717, 1.165) is 43.7 Å². The van der Waals surface area contributed by atoms with Crippen molar-refractivity contribution in [1.82, 2.24) is 9.47 Å². The van der Waals surface area contributed by atoms with Gasteiger partial charge in [-0.15, -0.1) is 0 Å². The third kappa shape index (κ3) is 6.24.